The number of rotatable bonds is 7. The normalized spacial score (nSPS) is 10.6. The first kappa shape index (κ1) is 14.0. The molecule has 5 nitrogen and oxygen atoms in total. The van der Waals surface area contributed by atoms with Crippen LogP contribution in [-0.4, -0.2) is 26.1 Å². The summed E-state index contributed by atoms with van der Waals surface area (Å²) in [6.45, 7) is 3.98. The van der Waals surface area contributed by atoms with E-state index in [2.05, 4.69) is 47.7 Å². The summed E-state index contributed by atoms with van der Waals surface area (Å²) in [7, 11) is 0. The van der Waals surface area contributed by atoms with Crippen LogP contribution in [0, 0.1) is 0 Å². The Morgan fingerprint density at radius 2 is 2.21 bits per heavy atom. The van der Waals surface area contributed by atoms with E-state index < -0.39 is 0 Å². The van der Waals surface area contributed by atoms with Gasteiger partial charge in [-0.15, -0.1) is 0 Å². The third-order valence-electron chi connectivity index (χ3n) is 2.77. The minimum Gasteiger partial charge on any atom is -0.370 e. The number of halogens is 1. The van der Waals surface area contributed by atoms with Crippen LogP contribution in [0.25, 0.3) is 0 Å². The van der Waals surface area contributed by atoms with Gasteiger partial charge in [0.25, 0.3) is 0 Å². The van der Waals surface area contributed by atoms with Gasteiger partial charge < -0.3 is 9.88 Å². The maximum atomic E-state index is 4.43. The third-order valence-corrected chi connectivity index (χ3v) is 3.17. The molecule has 0 fully saturated rings. The Bertz CT molecular complexity index is 498. The van der Waals surface area contributed by atoms with E-state index in [1.165, 1.54) is 0 Å². The summed E-state index contributed by atoms with van der Waals surface area (Å²) in [6.07, 6.45) is 8.71. The standard InChI is InChI=1S/C13H18BrN5/c1-2-12-17-11(14)9-13(18-12)16-5-3-4-7-19-8-6-15-10-19/h6,8-10H,2-5,7H2,1H3,(H,16,17,18). The van der Waals surface area contributed by atoms with Gasteiger partial charge in [-0.25, -0.2) is 15.0 Å². The SMILES string of the molecule is CCc1nc(Br)cc(NCCCCn2ccnc2)n1. The Morgan fingerprint density at radius 3 is 2.95 bits per heavy atom. The Morgan fingerprint density at radius 1 is 1.32 bits per heavy atom. The second-order valence-corrected chi connectivity index (χ2v) is 5.09. The van der Waals surface area contributed by atoms with Gasteiger partial charge >= 0.3 is 0 Å². The Labute approximate surface area is 121 Å². The number of aryl methyl sites for hydroxylation is 2. The number of hydrogen-bond acceptors (Lipinski definition) is 4. The zero-order chi connectivity index (χ0) is 13.5. The molecular formula is C13H18BrN5. The van der Waals surface area contributed by atoms with Crippen LogP contribution in [0.4, 0.5) is 5.82 Å². The van der Waals surface area contributed by atoms with E-state index in [4.69, 9.17) is 0 Å². The van der Waals surface area contributed by atoms with Crippen LogP contribution < -0.4 is 5.32 Å². The molecule has 0 aliphatic heterocycles. The minimum absolute atomic E-state index is 0.834. The van der Waals surface area contributed by atoms with Crippen LogP contribution in [0.15, 0.2) is 29.4 Å². The van der Waals surface area contributed by atoms with Crippen LogP contribution in [0.2, 0.25) is 0 Å². The average molecular weight is 324 g/mol. The Kier molecular flexibility index (Phi) is 5.32. The summed E-state index contributed by atoms with van der Waals surface area (Å²) in [4.78, 5) is 12.7. The second kappa shape index (κ2) is 7.23. The van der Waals surface area contributed by atoms with Gasteiger partial charge in [-0.05, 0) is 28.8 Å². The fraction of sp³-hybridized carbons (Fsp3) is 0.462. The summed E-state index contributed by atoms with van der Waals surface area (Å²) in [5, 5.41) is 3.33. The van der Waals surface area contributed by atoms with Crippen LogP contribution in [0.3, 0.4) is 0 Å². The van der Waals surface area contributed by atoms with E-state index in [9.17, 15) is 0 Å². The van der Waals surface area contributed by atoms with E-state index in [1.807, 2.05) is 24.8 Å². The minimum atomic E-state index is 0.834. The highest BCUT2D eigenvalue weighted by molar-refractivity contribution is 9.10. The van der Waals surface area contributed by atoms with E-state index in [0.717, 1.165) is 48.6 Å². The first-order valence-corrected chi connectivity index (χ1v) is 7.30. The van der Waals surface area contributed by atoms with Crippen molar-refractivity contribution in [3.05, 3.63) is 35.2 Å². The number of anilines is 1. The van der Waals surface area contributed by atoms with Crippen molar-refractivity contribution in [3.63, 3.8) is 0 Å². The summed E-state index contributed by atoms with van der Waals surface area (Å²) >= 11 is 3.40. The molecular weight excluding hydrogens is 306 g/mol. The molecule has 102 valence electrons. The largest absolute Gasteiger partial charge is 0.370 e. The first-order valence-electron chi connectivity index (χ1n) is 6.51. The van der Waals surface area contributed by atoms with Crippen molar-refractivity contribution in [3.8, 4) is 0 Å². The predicted octanol–water partition coefficient (Wildman–Crippen LogP) is 2.89. The van der Waals surface area contributed by atoms with Crippen LogP contribution in [-0.2, 0) is 13.0 Å². The molecule has 2 rings (SSSR count). The van der Waals surface area contributed by atoms with Crippen molar-refractivity contribution in [2.75, 3.05) is 11.9 Å². The van der Waals surface area contributed by atoms with E-state index in [-0.39, 0.29) is 0 Å². The molecule has 19 heavy (non-hydrogen) atoms. The average Bonchev–Trinajstić information content (AvgIpc) is 2.91. The Hall–Kier alpha value is -1.43. The fourth-order valence-corrected chi connectivity index (χ4v) is 2.19. The van der Waals surface area contributed by atoms with Crippen LogP contribution >= 0.6 is 15.9 Å². The third kappa shape index (κ3) is 4.63. The molecule has 2 heterocycles. The van der Waals surface area contributed by atoms with Crippen molar-refractivity contribution < 1.29 is 0 Å². The van der Waals surface area contributed by atoms with E-state index in [0.29, 0.717) is 0 Å². The van der Waals surface area contributed by atoms with Gasteiger partial charge in [-0.2, -0.15) is 0 Å². The van der Waals surface area contributed by atoms with Gasteiger partial charge in [0, 0.05) is 38.0 Å². The quantitative estimate of drug-likeness (QED) is 0.628. The van der Waals surface area contributed by atoms with Gasteiger partial charge in [-0.1, -0.05) is 6.92 Å². The van der Waals surface area contributed by atoms with Crippen molar-refractivity contribution >= 4 is 21.7 Å². The monoisotopic (exact) mass is 323 g/mol. The van der Waals surface area contributed by atoms with Crippen LogP contribution in [0.1, 0.15) is 25.6 Å². The second-order valence-electron chi connectivity index (χ2n) is 4.28. The molecule has 0 aliphatic rings. The number of imidazole rings is 1. The molecule has 2 aromatic rings. The molecule has 0 atom stereocenters. The highest BCUT2D eigenvalue weighted by Gasteiger charge is 2.00. The molecule has 0 aliphatic carbocycles. The lowest BCUT2D eigenvalue weighted by Gasteiger charge is -2.07. The number of nitrogens with zero attached hydrogens (tertiary/aromatic N) is 4. The topological polar surface area (TPSA) is 55.6 Å². The maximum Gasteiger partial charge on any atom is 0.131 e. The molecule has 0 saturated carbocycles. The predicted molar refractivity (Wildman–Crippen MR) is 79.1 cm³/mol. The lowest BCUT2D eigenvalue weighted by Crippen LogP contribution is -2.07. The summed E-state index contributed by atoms with van der Waals surface area (Å²) in [5.74, 6) is 1.75. The zero-order valence-electron chi connectivity index (χ0n) is 11.0. The lowest BCUT2D eigenvalue weighted by atomic mass is 10.3. The van der Waals surface area contributed by atoms with Gasteiger partial charge in [-0.3, -0.25) is 0 Å². The van der Waals surface area contributed by atoms with Crippen LogP contribution in [0.5, 0.6) is 0 Å². The lowest BCUT2D eigenvalue weighted by molar-refractivity contribution is 0.620. The molecule has 1 N–H and O–H groups in total. The number of hydrogen-bond donors (Lipinski definition) is 1. The van der Waals surface area contributed by atoms with Crippen molar-refractivity contribution in [2.45, 2.75) is 32.7 Å². The smallest absolute Gasteiger partial charge is 0.131 e. The van der Waals surface area contributed by atoms with Gasteiger partial charge in [0.05, 0.1) is 6.33 Å². The zero-order valence-corrected chi connectivity index (χ0v) is 12.6. The summed E-state index contributed by atoms with van der Waals surface area (Å²) in [5.41, 5.74) is 0. The van der Waals surface area contributed by atoms with E-state index in [1.54, 1.807) is 0 Å². The molecule has 0 spiro atoms. The van der Waals surface area contributed by atoms with Crippen molar-refractivity contribution in [2.24, 2.45) is 0 Å². The van der Waals surface area contributed by atoms with E-state index >= 15 is 0 Å². The Balaban J connectivity index is 1.72. The molecule has 0 saturated heterocycles. The molecule has 0 unspecified atom stereocenters. The van der Waals surface area contributed by atoms with Gasteiger partial charge in [0.15, 0.2) is 0 Å². The van der Waals surface area contributed by atoms with Crippen molar-refractivity contribution in [1.82, 2.24) is 19.5 Å². The highest BCUT2D eigenvalue weighted by Crippen LogP contribution is 2.12. The molecule has 0 aromatic carbocycles. The number of aromatic nitrogens is 4. The molecule has 0 amide bonds. The fourth-order valence-electron chi connectivity index (χ4n) is 1.77. The molecule has 6 heteroatoms. The first-order chi connectivity index (χ1) is 9.28. The molecule has 2 aromatic heterocycles. The molecule has 0 radical (unpaired) electrons. The summed E-state index contributed by atoms with van der Waals surface area (Å²) < 4.78 is 2.93. The van der Waals surface area contributed by atoms with Gasteiger partial charge in [0.2, 0.25) is 0 Å². The number of nitrogens with one attached hydrogen (secondary N) is 1. The van der Waals surface area contributed by atoms with Gasteiger partial charge in [0.1, 0.15) is 16.2 Å². The molecule has 0 bridgehead atoms. The van der Waals surface area contributed by atoms with Crippen molar-refractivity contribution in [1.29, 1.82) is 0 Å². The number of unbranched alkanes of at least 4 members (excludes halogenated alkanes) is 1. The highest BCUT2D eigenvalue weighted by atomic mass is 79.9. The summed E-state index contributed by atoms with van der Waals surface area (Å²) in [6, 6.07) is 1.91. The maximum absolute atomic E-state index is 4.43.